The first kappa shape index (κ1) is 13.9. The highest BCUT2D eigenvalue weighted by molar-refractivity contribution is 5.80. The number of hydrogen-bond acceptors (Lipinski definition) is 5. The van der Waals surface area contributed by atoms with Gasteiger partial charge in [-0.1, -0.05) is 6.92 Å². The van der Waals surface area contributed by atoms with Gasteiger partial charge in [-0.15, -0.1) is 0 Å². The Hall–Kier alpha value is -1.14. The summed E-state index contributed by atoms with van der Waals surface area (Å²) in [6, 6.07) is -0.251. The summed E-state index contributed by atoms with van der Waals surface area (Å²) in [5.41, 5.74) is 5.77. The van der Waals surface area contributed by atoms with Gasteiger partial charge in [-0.3, -0.25) is 9.59 Å². The molecule has 17 heavy (non-hydrogen) atoms. The molecule has 1 rings (SSSR count). The molecule has 0 saturated carbocycles. The summed E-state index contributed by atoms with van der Waals surface area (Å²) in [5, 5.41) is 0. The van der Waals surface area contributed by atoms with E-state index in [1.807, 2.05) is 0 Å². The second-order valence-corrected chi connectivity index (χ2v) is 4.45. The van der Waals surface area contributed by atoms with E-state index in [1.165, 1.54) is 12.0 Å². The minimum absolute atomic E-state index is 0.0780. The number of ether oxygens (including phenoxy) is 2. The zero-order valence-corrected chi connectivity index (χ0v) is 10.5. The lowest BCUT2D eigenvalue weighted by Gasteiger charge is -2.24. The van der Waals surface area contributed by atoms with Crippen LogP contribution in [0.3, 0.4) is 0 Å². The summed E-state index contributed by atoms with van der Waals surface area (Å²) in [5.74, 6) is -1.04. The van der Waals surface area contributed by atoms with E-state index in [0.29, 0.717) is 19.8 Å². The monoisotopic (exact) mass is 244 g/mol. The number of hydrogen-bond donors (Lipinski definition) is 1. The minimum Gasteiger partial charge on any atom is -0.469 e. The Bertz CT molecular complexity index is 295. The van der Waals surface area contributed by atoms with E-state index in [0.717, 1.165) is 0 Å². The molecule has 6 nitrogen and oxygen atoms in total. The number of nitrogens with zero attached hydrogens (tertiary/aromatic N) is 1. The molecule has 1 saturated heterocycles. The van der Waals surface area contributed by atoms with Crippen molar-refractivity contribution in [2.45, 2.75) is 13.0 Å². The topological polar surface area (TPSA) is 81.9 Å². The molecule has 3 atom stereocenters. The van der Waals surface area contributed by atoms with E-state index in [9.17, 15) is 9.59 Å². The normalized spacial score (nSPS) is 25.4. The molecule has 0 spiro atoms. The highest BCUT2D eigenvalue weighted by atomic mass is 16.5. The van der Waals surface area contributed by atoms with Gasteiger partial charge in [0.1, 0.15) is 0 Å². The summed E-state index contributed by atoms with van der Waals surface area (Å²) in [6.07, 6.45) is 0. The summed E-state index contributed by atoms with van der Waals surface area (Å²) < 4.78 is 9.76. The van der Waals surface area contributed by atoms with Gasteiger partial charge in [-0.05, 0) is 0 Å². The maximum Gasteiger partial charge on any atom is 0.310 e. The molecule has 0 aliphatic carbocycles. The van der Waals surface area contributed by atoms with E-state index in [-0.39, 0.29) is 29.8 Å². The number of carbonyl (C=O) groups excluding carboxylic acids is 2. The summed E-state index contributed by atoms with van der Waals surface area (Å²) in [7, 11) is 2.99. The van der Waals surface area contributed by atoms with Gasteiger partial charge < -0.3 is 20.1 Å². The van der Waals surface area contributed by atoms with Crippen LogP contribution in [0.5, 0.6) is 0 Å². The molecular weight excluding hydrogens is 224 g/mol. The van der Waals surface area contributed by atoms with Crippen LogP contribution in [0.15, 0.2) is 0 Å². The SMILES string of the molecule is COC(=O)C(C)CN(C)C(=O)C1COCC1N. The Labute approximate surface area is 101 Å². The number of esters is 1. The molecule has 0 aromatic carbocycles. The van der Waals surface area contributed by atoms with Crippen molar-refractivity contribution in [1.29, 1.82) is 0 Å². The lowest BCUT2D eigenvalue weighted by Crippen LogP contribution is -2.44. The largest absolute Gasteiger partial charge is 0.469 e. The first-order valence-corrected chi connectivity index (χ1v) is 5.63. The fourth-order valence-corrected chi connectivity index (χ4v) is 1.88. The summed E-state index contributed by atoms with van der Waals surface area (Å²) in [4.78, 5) is 24.8. The van der Waals surface area contributed by atoms with Crippen molar-refractivity contribution in [3.63, 3.8) is 0 Å². The number of amides is 1. The van der Waals surface area contributed by atoms with E-state index < -0.39 is 0 Å². The van der Waals surface area contributed by atoms with E-state index in [4.69, 9.17) is 10.5 Å². The third-order valence-corrected chi connectivity index (χ3v) is 2.97. The van der Waals surface area contributed by atoms with Crippen molar-refractivity contribution in [3.8, 4) is 0 Å². The average Bonchev–Trinajstić information content (AvgIpc) is 2.73. The van der Waals surface area contributed by atoms with Crippen molar-refractivity contribution in [2.75, 3.05) is 33.9 Å². The van der Waals surface area contributed by atoms with Gasteiger partial charge >= 0.3 is 5.97 Å². The predicted octanol–water partition coefficient (Wildman–Crippen LogP) is -0.772. The van der Waals surface area contributed by atoms with Crippen LogP contribution in [-0.2, 0) is 19.1 Å². The van der Waals surface area contributed by atoms with Gasteiger partial charge in [0, 0.05) is 19.6 Å². The van der Waals surface area contributed by atoms with Gasteiger partial charge in [-0.25, -0.2) is 0 Å². The molecule has 1 aliphatic heterocycles. The minimum atomic E-state index is -0.340. The second kappa shape index (κ2) is 5.97. The van der Waals surface area contributed by atoms with Crippen LogP contribution >= 0.6 is 0 Å². The molecule has 0 radical (unpaired) electrons. The number of nitrogens with two attached hydrogens (primary N) is 1. The maximum atomic E-state index is 12.0. The molecule has 2 N–H and O–H groups in total. The lowest BCUT2D eigenvalue weighted by atomic mass is 10.0. The van der Waals surface area contributed by atoms with Crippen molar-refractivity contribution in [3.05, 3.63) is 0 Å². The highest BCUT2D eigenvalue weighted by Crippen LogP contribution is 2.15. The molecule has 1 aliphatic rings. The number of carbonyl (C=O) groups is 2. The quantitative estimate of drug-likeness (QED) is 0.657. The third-order valence-electron chi connectivity index (χ3n) is 2.97. The van der Waals surface area contributed by atoms with Gasteiger partial charge in [0.15, 0.2) is 0 Å². The zero-order valence-electron chi connectivity index (χ0n) is 10.5. The van der Waals surface area contributed by atoms with Gasteiger partial charge in [-0.2, -0.15) is 0 Å². The molecule has 3 unspecified atom stereocenters. The van der Waals surface area contributed by atoms with Crippen LogP contribution in [0.2, 0.25) is 0 Å². The van der Waals surface area contributed by atoms with Crippen LogP contribution in [0.1, 0.15) is 6.92 Å². The predicted molar refractivity (Wildman–Crippen MR) is 61.1 cm³/mol. The van der Waals surface area contributed by atoms with Crippen LogP contribution in [0, 0.1) is 11.8 Å². The fourth-order valence-electron chi connectivity index (χ4n) is 1.88. The van der Waals surface area contributed by atoms with Gasteiger partial charge in [0.05, 0.1) is 32.2 Å². The van der Waals surface area contributed by atoms with Crippen molar-refractivity contribution in [1.82, 2.24) is 4.90 Å². The molecule has 1 amide bonds. The van der Waals surface area contributed by atoms with Gasteiger partial charge in [0.2, 0.25) is 5.91 Å². The van der Waals surface area contributed by atoms with Crippen molar-refractivity contribution in [2.24, 2.45) is 17.6 Å². The van der Waals surface area contributed by atoms with E-state index in [2.05, 4.69) is 4.74 Å². The van der Waals surface area contributed by atoms with Crippen LogP contribution in [-0.4, -0.2) is 56.7 Å². The summed E-state index contributed by atoms with van der Waals surface area (Å²) in [6.45, 7) is 2.82. The average molecular weight is 244 g/mol. The van der Waals surface area contributed by atoms with Crippen LogP contribution in [0.4, 0.5) is 0 Å². The zero-order chi connectivity index (χ0) is 13.0. The first-order chi connectivity index (χ1) is 7.97. The van der Waals surface area contributed by atoms with Crippen LogP contribution < -0.4 is 5.73 Å². The second-order valence-electron chi connectivity index (χ2n) is 4.45. The van der Waals surface area contributed by atoms with Crippen molar-refractivity contribution < 1.29 is 19.1 Å². The number of methoxy groups -OCH3 is 1. The van der Waals surface area contributed by atoms with E-state index in [1.54, 1.807) is 14.0 Å². The molecule has 0 aromatic heterocycles. The van der Waals surface area contributed by atoms with Crippen LogP contribution in [0.25, 0.3) is 0 Å². The molecule has 6 heteroatoms. The Kier molecular flexibility index (Phi) is 4.89. The Morgan fingerprint density at radius 3 is 2.65 bits per heavy atom. The molecule has 0 aromatic rings. The molecule has 98 valence electrons. The summed E-state index contributed by atoms with van der Waals surface area (Å²) >= 11 is 0. The highest BCUT2D eigenvalue weighted by Gasteiger charge is 2.34. The lowest BCUT2D eigenvalue weighted by molar-refractivity contribution is -0.146. The molecular formula is C11H20N2O4. The standard InChI is InChI=1S/C11H20N2O4/c1-7(11(15)16-3)4-13(2)10(14)8-5-17-6-9(8)12/h7-9H,4-6,12H2,1-3H3. The smallest absolute Gasteiger partial charge is 0.310 e. The Morgan fingerprint density at radius 1 is 1.53 bits per heavy atom. The van der Waals surface area contributed by atoms with Gasteiger partial charge in [0.25, 0.3) is 0 Å². The maximum absolute atomic E-state index is 12.0. The molecule has 0 bridgehead atoms. The Balaban J connectivity index is 2.49. The fraction of sp³-hybridized carbons (Fsp3) is 0.818. The third kappa shape index (κ3) is 3.41. The molecule has 1 heterocycles. The first-order valence-electron chi connectivity index (χ1n) is 5.63. The molecule has 1 fully saturated rings. The number of rotatable bonds is 4. The van der Waals surface area contributed by atoms with E-state index >= 15 is 0 Å². The van der Waals surface area contributed by atoms with Crippen molar-refractivity contribution >= 4 is 11.9 Å². The Morgan fingerprint density at radius 2 is 2.18 bits per heavy atom.